The lowest BCUT2D eigenvalue weighted by Gasteiger charge is -2.02. The van der Waals surface area contributed by atoms with Crippen LogP contribution in [0.1, 0.15) is 22.1 Å². The van der Waals surface area contributed by atoms with E-state index >= 15 is 0 Å². The maximum absolute atomic E-state index is 13.0. The number of ether oxygens (including phenoxy) is 1. The van der Waals surface area contributed by atoms with Gasteiger partial charge in [0.25, 0.3) is 5.91 Å². The molecule has 7 nitrogen and oxygen atoms in total. The van der Waals surface area contributed by atoms with Gasteiger partial charge in [-0.1, -0.05) is 11.2 Å². The molecule has 0 unspecified atom stereocenters. The molecular formula is C15H12FN3O4. The van der Waals surface area contributed by atoms with E-state index < -0.39 is 11.7 Å². The molecule has 0 radical (unpaired) electrons. The van der Waals surface area contributed by atoms with E-state index in [1.165, 1.54) is 30.7 Å². The molecule has 0 spiro atoms. The van der Waals surface area contributed by atoms with Crippen LogP contribution in [-0.4, -0.2) is 16.0 Å². The Balaban J connectivity index is 1.54. The first-order valence-electron chi connectivity index (χ1n) is 6.71. The minimum atomic E-state index is -0.409. The number of benzene rings is 1. The van der Waals surface area contributed by atoms with E-state index in [2.05, 4.69) is 20.0 Å². The summed E-state index contributed by atoms with van der Waals surface area (Å²) in [6.45, 7) is 0.206. The highest BCUT2D eigenvalue weighted by Gasteiger charge is 2.13. The van der Waals surface area contributed by atoms with Gasteiger partial charge in [0.15, 0.2) is 12.3 Å². The number of carbonyl (C=O) groups is 1. The fourth-order valence-electron chi connectivity index (χ4n) is 1.77. The predicted molar refractivity (Wildman–Crippen MR) is 74.9 cm³/mol. The lowest BCUT2D eigenvalue weighted by atomic mass is 10.3. The average molecular weight is 317 g/mol. The second-order valence-electron chi connectivity index (χ2n) is 4.55. The summed E-state index contributed by atoms with van der Waals surface area (Å²) in [4.78, 5) is 15.9. The molecule has 3 aromatic rings. The van der Waals surface area contributed by atoms with Gasteiger partial charge in [0, 0.05) is 12.1 Å². The van der Waals surface area contributed by atoms with Crippen LogP contribution < -0.4 is 10.1 Å². The molecule has 1 aromatic carbocycles. The van der Waals surface area contributed by atoms with E-state index in [-0.39, 0.29) is 24.7 Å². The quantitative estimate of drug-likeness (QED) is 0.750. The highest BCUT2D eigenvalue weighted by molar-refractivity contribution is 5.91. The molecule has 23 heavy (non-hydrogen) atoms. The summed E-state index contributed by atoms with van der Waals surface area (Å²) in [5.74, 6) is -0.252. The van der Waals surface area contributed by atoms with E-state index in [1.54, 1.807) is 12.1 Å². The van der Waals surface area contributed by atoms with E-state index in [9.17, 15) is 9.18 Å². The van der Waals surface area contributed by atoms with Crippen LogP contribution in [0.15, 0.2) is 51.8 Å². The lowest BCUT2D eigenvalue weighted by Crippen LogP contribution is -2.23. The molecular weight excluding hydrogens is 305 g/mol. The largest absolute Gasteiger partial charge is 0.484 e. The van der Waals surface area contributed by atoms with Crippen molar-refractivity contribution >= 4 is 5.91 Å². The van der Waals surface area contributed by atoms with Crippen LogP contribution in [0.4, 0.5) is 4.39 Å². The van der Waals surface area contributed by atoms with Crippen LogP contribution in [0.3, 0.4) is 0 Å². The molecule has 3 rings (SSSR count). The van der Waals surface area contributed by atoms with Gasteiger partial charge < -0.3 is 19.0 Å². The minimum Gasteiger partial charge on any atom is -0.484 e. The Morgan fingerprint density at radius 3 is 3.04 bits per heavy atom. The fraction of sp³-hybridized carbons (Fsp3) is 0.133. The summed E-state index contributed by atoms with van der Waals surface area (Å²) >= 11 is 0. The van der Waals surface area contributed by atoms with Gasteiger partial charge in [-0.3, -0.25) is 4.79 Å². The van der Waals surface area contributed by atoms with Crippen LogP contribution in [0.25, 0.3) is 0 Å². The van der Waals surface area contributed by atoms with Crippen molar-refractivity contribution in [1.29, 1.82) is 0 Å². The summed E-state index contributed by atoms with van der Waals surface area (Å²) in [6.07, 6.45) is 2.64. The molecule has 0 aliphatic rings. The maximum atomic E-state index is 13.0. The predicted octanol–water partition coefficient (Wildman–Crippen LogP) is 2.31. The molecule has 118 valence electrons. The standard InChI is InChI=1S/C15H12FN3O4/c16-10-2-1-3-12(6-10)21-9-14-18-13(8-22-14)15(20)17-7-11-4-5-23-19-11/h1-6,8H,7,9H2,(H,17,20). The van der Waals surface area contributed by atoms with Gasteiger partial charge in [-0.15, -0.1) is 0 Å². The Labute approximate surface area is 130 Å². The van der Waals surface area contributed by atoms with E-state index in [0.29, 0.717) is 11.4 Å². The smallest absolute Gasteiger partial charge is 0.273 e. The molecule has 0 saturated carbocycles. The Morgan fingerprint density at radius 1 is 1.35 bits per heavy atom. The van der Waals surface area contributed by atoms with Crippen LogP contribution in [0, 0.1) is 5.82 Å². The number of oxazole rings is 1. The second-order valence-corrected chi connectivity index (χ2v) is 4.55. The van der Waals surface area contributed by atoms with Gasteiger partial charge in [0.1, 0.15) is 29.8 Å². The first-order chi connectivity index (χ1) is 11.2. The highest BCUT2D eigenvalue weighted by Crippen LogP contribution is 2.14. The van der Waals surface area contributed by atoms with Crippen molar-refractivity contribution in [2.75, 3.05) is 0 Å². The first-order valence-corrected chi connectivity index (χ1v) is 6.71. The third-order valence-electron chi connectivity index (χ3n) is 2.86. The zero-order valence-electron chi connectivity index (χ0n) is 11.9. The summed E-state index contributed by atoms with van der Waals surface area (Å²) < 4.78 is 28.2. The molecule has 1 amide bonds. The highest BCUT2D eigenvalue weighted by atomic mass is 19.1. The molecule has 2 aromatic heterocycles. The number of nitrogens with one attached hydrogen (secondary N) is 1. The Morgan fingerprint density at radius 2 is 2.26 bits per heavy atom. The Bertz CT molecular complexity index is 786. The van der Waals surface area contributed by atoms with Crippen LogP contribution in [-0.2, 0) is 13.2 Å². The van der Waals surface area contributed by atoms with Crippen molar-refractivity contribution in [2.24, 2.45) is 0 Å². The topological polar surface area (TPSA) is 90.4 Å². The van der Waals surface area contributed by atoms with Gasteiger partial charge in [-0.05, 0) is 12.1 Å². The van der Waals surface area contributed by atoms with Gasteiger partial charge in [0.05, 0.1) is 6.54 Å². The zero-order valence-corrected chi connectivity index (χ0v) is 11.9. The molecule has 0 fully saturated rings. The van der Waals surface area contributed by atoms with Crippen LogP contribution >= 0.6 is 0 Å². The van der Waals surface area contributed by atoms with Crippen molar-refractivity contribution in [2.45, 2.75) is 13.2 Å². The number of amides is 1. The van der Waals surface area contributed by atoms with E-state index in [0.717, 1.165) is 0 Å². The Kier molecular flexibility index (Phi) is 4.32. The number of aromatic nitrogens is 2. The summed E-state index contributed by atoms with van der Waals surface area (Å²) in [6, 6.07) is 7.34. The van der Waals surface area contributed by atoms with E-state index in [1.807, 2.05) is 0 Å². The number of carbonyl (C=O) groups excluding carboxylic acids is 1. The fourth-order valence-corrected chi connectivity index (χ4v) is 1.77. The minimum absolute atomic E-state index is 0.0139. The van der Waals surface area contributed by atoms with Crippen molar-refractivity contribution in [3.05, 3.63) is 66.0 Å². The lowest BCUT2D eigenvalue weighted by molar-refractivity contribution is 0.0945. The van der Waals surface area contributed by atoms with Crippen molar-refractivity contribution in [1.82, 2.24) is 15.5 Å². The number of halogens is 1. The molecule has 2 heterocycles. The molecule has 1 N–H and O–H groups in total. The van der Waals surface area contributed by atoms with Crippen LogP contribution in [0.5, 0.6) is 5.75 Å². The van der Waals surface area contributed by atoms with Gasteiger partial charge in [-0.2, -0.15) is 0 Å². The molecule has 0 saturated heterocycles. The maximum Gasteiger partial charge on any atom is 0.273 e. The first kappa shape index (κ1) is 14.8. The second kappa shape index (κ2) is 6.73. The van der Waals surface area contributed by atoms with Gasteiger partial charge in [0.2, 0.25) is 5.89 Å². The Hall–Kier alpha value is -3.16. The van der Waals surface area contributed by atoms with Gasteiger partial charge in [-0.25, -0.2) is 9.37 Å². The molecule has 0 aliphatic heterocycles. The van der Waals surface area contributed by atoms with Crippen molar-refractivity contribution < 1.29 is 22.9 Å². The molecule has 8 heteroatoms. The summed E-state index contributed by atoms with van der Waals surface area (Å²) in [5, 5.41) is 6.29. The molecule has 0 aliphatic carbocycles. The SMILES string of the molecule is O=C(NCc1ccon1)c1coc(COc2cccc(F)c2)n1. The average Bonchev–Trinajstić information content (AvgIpc) is 3.22. The van der Waals surface area contributed by atoms with Crippen LogP contribution in [0.2, 0.25) is 0 Å². The normalized spacial score (nSPS) is 10.5. The van der Waals surface area contributed by atoms with Crippen molar-refractivity contribution in [3.63, 3.8) is 0 Å². The third kappa shape index (κ3) is 3.94. The van der Waals surface area contributed by atoms with Crippen molar-refractivity contribution in [3.8, 4) is 5.75 Å². The third-order valence-corrected chi connectivity index (χ3v) is 2.86. The number of rotatable bonds is 6. The van der Waals surface area contributed by atoms with E-state index in [4.69, 9.17) is 9.15 Å². The monoisotopic (exact) mass is 317 g/mol. The zero-order chi connectivity index (χ0) is 16.1. The summed E-state index contributed by atoms with van der Waals surface area (Å²) in [5.41, 5.74) is 0.711. The molecule has 0 atom stereocenters. The molecule has 0 bridgehead atoms. The number of hydrogen-bond acceptors (Lipinski definition) is 6. The summed E-state index contributed by atoms with van der Waals surface area (Å²) in [7, 11) is 0. The van der Waals surface area contributed by atoms with Gasteiger partial charge >= 0.3 is 0 Å². The number of nitrogens with zero attached hydrogens (tertiary/aromatic N) is 2. The number of hydrogen-bond donors (Lipinski definition) is 1.